The van der Waals surface area contributed by atoms with Crippen molar-refractivity contribution in [3.8, 4) is 0 Å². The molecule has 1 fully saturated rings. The van der Waals surface area contributed by atoms with Crippen LogP contribution in [0.1, 0.15) is 9.67 Å². The Morgan fingerprint density at radius 2 is 1.92 bits per heavy atom. The van der Waals surface area contributed by atoms with Crippen molar-refractivity contribution in [2.24, 2.45) is 0 Å². The Bertz CT molecular complexity index is 902. The summed E-state index contributed by atoms with van der Waals surface area (Å²) < 4.78 is 2.08. The van der Waals surface area contributed by atoms with Crippen molar-refractivity contribution in [2.45, 2.75) is 0 Å². The number of nitrogens with zero attached hydrogens (tertiary/aromatic N) is 3. The molecule has 1 saturated heterocycles. The van der Waals surface area contributed by atoms with E-state index >= 15 is 0 Å². The van der Waals surface area contributed by atoms with Gasteiger partial charge in [-0.1, -0.05) is 22.9 Å². The Morgan fingerprint density at radius 3 is 2.62 bits per heavy atom. The number of amides is 1. The van der Waals surface area contributed by atoms with Crippen LogP contribution in [0, 0.1) is 0 Å². The maximum absolute atomic E-state index is 12.5. The van der Waals surface area contributed by atoms with Crippen LogP contribution in [0.4, 0.5) is 5.13 Å². The highest BCUT2D eigenvalue weighted by molar-refractivity contribution is 9.11. The molecular formula is C16H13BrClN3OS2. The first kappa shape index (κ1) is 16.3. The van der Waals surface area contributed by atoms with Gasteiger partial charge in [0.05, 0.1) is 18.9 Å². The summed E-state index contributed by atoms with van der Waals surface area (Å²) in [7, 11) is 0. The van der Waals surface area contributed by atoms with Crippen LogP contribution in [0.3, 0.4) is 0 Å². The predicted molar refractivity (Wildman–Crippen MR) is 105 cm³/mol. The largest absolute Gasteiger partial charge is 0.345 e. The van der Waals surface area contributed by atoms with Crippen molar-refractivity contribution in [1.82, 2.24) is 9.88 Å². The number of hydrogen-bond donors (Lipinski definition) is 0. The molecule has 8 heteroatoms. The minimum atomic E-state index is 0.112. The Balaban J connectivity index is 1.46. The van der Waals surface area contributed by atoms with E-state index in [0.29, 0.717) is 13.1 Å². The van der Waals surface area contributed by atoms with E-state index in [-0.39, 0.29) is 5.91 Å². The van der Waals surface area contributed by atoms with E-state index in [1.807, 2.05) is 35.2 Å². The lowest BCUT2D eigenvalue weighted by atomic mass is 10.3. The molecule has 4 nitrogen and oxygen atoms in total. The Kier molecular flexibility index (Phi) is 4.51. The molecular weight excluding hydrogens is 430 g/mol. The van der Waals surface area contributed by atoms with Crippen LogP contribution < -0.4 is 4.90 Å². The molecule has 0 atom stereocenters. The summed E-state index contributed by atoms with van der Waals surface area (Å²) in [6, 6.07) is 9.56. The van der Waals surface area contributed by atoms with Gasteiger partial charge >= 0.3 is 0 Å². The first-order chi connectivity index (χ1) is 11.6. The normalized spacial score (nSPS) is 15.2. The minimum Gasteiger partial charge on any atom is -0.345 e. The third-order valence-electron chi connectivity index (χ3n) is 3.96. The number of aromatic nitrogens is 1. The number of halogens is 2. The highest BCUT2D eigenvalue weighted by atomic mass is 79.9. The number of rotatable bonds is 2. The molecule has 4 rings (SSSR count). The number of hydrogen-bond acceptors (Lipinski definition) is 5. The van der Waals surface area contributed by atoms with Crippen molar-refractivity contribution < 1.29 is 4.79 Å². The number of carbonyl (C=O) groups is 1. The van der Waals surface area contributed by atoms with Crippen LogP contribution >= 0.6 is 50.2 Å². The summed E-state index contributed by atoms with van der Waals surface area (Å²) in [5.74, 6) is 0.112. The lowest BCUT2D eigenvalue weighted by Crippen LogP contribution is -2.48. The van der Waals surface area contributed by atoms with Crippen LogP contribution in [0.25, 0.3) is 10.2 Å². The van der Waals surface area contributed by atoms with E-state index in [4.69, 9.17) is 11.6 Å². The molecule has 1 aromatic carbocycles. The van der Waals surface area contributed by atoms with Crippen molar-refractivity contribution in [3.63, 3.8) is 0 Å². The summed E-state index contributed by atoms with van der Waals surface area (Å²) in [5.41, 5.74) is 0.973. The second-order valence-corrected chi connectivity index (χ2v) is 9.40. The summed E-state index contributed by atoms with van der Waals surface area (Å²) in [6.07, 6.45) is 0. The van der Waals surface area contributed by atoms with Gasteiger partial charge in [-0.2, -0.15) is 0 Å². The monoisotopic (exact) mass is 441 g/mol. The van der Waals surface area contributed by atoms with E-state index < -0.39 is 0 Å². The Labute approximate surface area is 160 Å². The van der Waals surface area contributed by atoms with E-state index in [0.717, 1.165) is 42.1 Å². The predicted octanol–water partition coefficient (Wildman–Crippen LogP) is 4.74. The van der Waals surface area contributed by atoms with Crippen molar-refractivity contribution in [1.29, 1.82) is 0 Å². The van der Waals surface area contributed by atoms with Crippen molar-refractivity contribution >= 4 is 71.5 Å². The number of piperazine rings is 1. The Hall–Kier alpha value is -1.15. The summed E-state index contributed by atoms with van der Waals surface area (Å²) in [6.45, 7) is 3.02. The quantitative estimate of drug-likeness (QED) is 0.575. The van der Waals surface area contributed by atoms with Crippen LogP contribution in [0.2, 0.25) is 5.02 Å². The molecule has 2 aromatic heterocycles. The van der Waals surface area contributed by atoms with Gasteiger partial charge in [-0.3, -0.25) is 4.79 Å². The van der Waals surface area contributed by atoms with Crippen LogP contribution in [0.5, 0.6) is 0 Å². The number of fused-ring (bicyclic) bond motifs is 1. The summed E-state index contributed by atoms with van der Waals surface area (Å²) in [4.78, 5) is 22.1. The third kappa shape index (κ3) is 3.18. The van der Waals surface area contributed by atoms with E-state index in [9.17, 15) is 4.79 Å². The van der Waals surface area contributed by atoms with Crippen LogP contribution in [0.15, 0.2) is 34.1 Å². The average molecular weight is 443 g/mol. The van der Waals surface area contributed by atoms with Crippen LogP contribution in [-0.2, 0) is 0 Å². The van der Waals surface area contributed by atoms with Gasteiger partial charge in [-0.05, 0) is 46.3 Å². The van der Waals surface area contributed by atoms with E-state index in [1.165, 1.54) is 11.3 Å². The highest BCUT2D eigenvalue weighted by Gasteiger charge is 2.24. The first-order valence-corrected chi connectivity index (χ1v) is 10.3. The van der Waals surface area contributed by atoms with Gasteiger partial charge in [0.2, 0.25) is 0 Å². The lowest BCUT2D eigenvalue weighted by molar-refractivity contribution is 0.0751. The zero-order chi connectivity index (χ0) is 16.7. The van der Waals surface area contributed by atoms with E-state index in [2.05, 4.69) is 25.8 Å². The maximum Gasteiger partial charge on any atom is 0.264 e. The molecule has 124 valence electrons. The molecule has 3 heterocycles. The molecule has 1 aliphatic heterocycles. The van der Waals surface area contributed by atoms with Gasteiger partial charge in [0.15, 0.2) is 5.13 Å². The molecule has 0 unspecified atom stereocenters. The third-order valence-corrected chi connectivity index (χ3v) is 6.89. The summed E-state index contributed by atoms with van der Waals surface area (Å²) >= 11 is 12.6. The SMILES string of the molecule is O=C(c1ccc(Br)s1)N1CCN(c2nc3ccc(Cl)cc3s2)CC1. The van der Waals surface area contributed by atoms with E-state index in [1.54, 1.807) is 11.3 Å². The van der Waals surface area contributed by atoms with Crippen LogP contribution in [-0.4, -0.2) is 42.0 Å². The molecule has 1 aliphatic rings. The number of thiazole rings is 1. The minimum absolute atomic E-state index is 0.112. The Morgan fingerprint density at radius 1 is 1.12 bits per heavy atom. The molecule has 3 aromatic rings. The molecule has 0 aliphatic carbocycles. The van der Waals surface area contributed by atoms with Gasteiger partial charge in [-0.25, -0.2) is 4.98 Å². The highest BCUT2D eigenvalue weighted by Crippen LogP contribution is 2.31. The fourth-order valence-corrected chi connectivity index (χ4v) is 5.35. The van der Waals surface area contributed by atoms with Gasteiger partial charge in [0.1, 0.15) is 0 Å². The lowest BCUT2D eigenvalue weighted by Gasteiger charge is -2.34. The fraction of sp³-hybridized carbons (Fsp3) is 0.250. The molecule has 0 saturated carbocycles. The second kappa shape index (κ2) is 6.63. The molecule has 1 amide bonds. The smallest absolute Gasteiger partial charge is 0.264 e. The molecule has 0 spiro atoms. The average Bonchev–Trinajstić information content (AvgIpc) is 3.20. The number of benzene rings is 1. The summed E-state index contributed by atoms with van der Waals surface area (Å²) in [5, 5.41) is 1.73. The standard InChI is InChI=1S/C16H13BrClN3OS2/c17-14-4-3-12(23-14)15(22)20-5-7-21(8-6-20)16-19-11-2-1-10(18)9-13(11)24-16/h1-4,9H,5-8H2. The zero-order valence-electron chi connectivity index (χ0n) is 12.5. The molecule has 0 bridgehead atoms. The zero-order valence-corrected chi connectivity index (χ0v) is 16.5. The molecule has 0 radical (unpaired) electrons. The molecule has 24 heavy (non-hydrogen) atoms. The van der Waals surface area contributed by atoms with Crippen molar-refractivity contribution in [2.75, 3.05) is 31.1 Å². The second-order valence-electron chi connectivity index (χ2n) is 5.49. The van der Waals surface area contributed by atoms with Crippen molar-refractivity contribution in [3.05, 3.63) is 44.0 Å². The first-order valence-electron chi connectivity index (χ1n) is 7.46. The number of carbonyl (C=O) groups excluding carboxylic acids is 1. The maximum atomic E-state index is 12.5. The van der Waals surface area contributed by atoms with Gasteiger partial charge in [0, 0.05) is 31.2 Å². The fourth-order valence-electron chi connectivity index (χ4n) is 2.71. The van der Waals surface area contributed by atoms with Gasteiger partial charge in [0.25, 0.3) is 5.91 Å². The molecule has 0 N–H and O–H groups in total. The van der Waals surface area contributed by atoms with Gasteiger partial charge in [-0.15, -0.1) is 11.3 Å². The topological polar surface area (TPSA) is 36.4 Å². The van der Waals surface area contributed by atoms with Gasteiger partial charge < -0.3 is 9.80 Å². The number of anilines is 1. The number of thiophene rings is 1.